The van der Waals surface area contributed by atoms with E-state index in [0.717, 1.165) is 30.4 Å². The molecule has 2 aromatic rings. The van der Waals surface area contributed by atoms with Crippen LogP contribution in [0.1, 0.15) is 36.8 Å². The Morgan fingerprint density at radius 1 is 0.840 bits per heavy atom. The SMILES string of the molecule is O=S(=O)(O)[C@H]1CCCC[C@@H]1N(Cc1ccccc1)Cc1ccccc1. The van der Waals surface area contributed by atoms with Crippen molar-refractivity contribution in [1.29, 1.82) is 0 Å². The van der Waals surface area contributed by atoms with E-state index < -0.39 is 15.4 Å². The number of hydrogen-bond donors (Lipinski definition) is 1. The van der Waals surface area contributed by atoms with Gasteiger partial charge < -0.3 is 0 Å². The monoisotopic (exact) mass is 359 g/mol. The predicted octanol–water partition coefficient (Wildman–Crippen LogP) is 3.89. The third kappa shape index (κ3) is 4.91. The zero-order valence-electron chi connectivity index (χ0n) is 14.3. The van der Waals surface area contributed by atoms with Crippen molar-refractivity contribution in [3.63, 3.8) is 0 Å². The lowest BCUT2D eigenvalue weighted by Crippen LogP contribution is -2.48. The first-order chi connectivity index (χ1) is 12.0. The van der Waals surface area contributed by atoms with Crippen LogP contribution in [0.5, 0.6) is 0 Å². The molecule has 2 atom stereocenters. The van der Waals surface area contributed by atoms with Gasteiger partial charge in [-0.15, -0.1) is 0 Å². The molecular weight excluding hydrogens is 334 g/mol. The van der Waals surface area contributed by atoms with E-state index >= 15 is 0 Å². The van der Waals surface area contributed by atoms with Gasteiger partial charge in [-0.05, 0) is 24.0 Å². The van der Waals surface area contributed by atoms with Gasteiger partial charge in [0.15, 0.2) is 0 Å². The molecule has 1 fully saturated rings. The summed E-state index contributed by atoms with van der Waals surface area (Å²) < 4.78 is 33.6. The van der Waals surface area contributed by atoms with Gasteiger partial charge in [0.25, 0.3) is 10.1 Å². The Morgan fingerprint density at radius 3 is 1.80 bits per heavy atom. The van der Waals surface area contributed by atoms with Gasteiger partial charge >= 0.3 is 0 Å². The van der Waals surface area contributed by atoms with Crippen molar-refractivity contribution in [3.8, 4) is 0 Å². The molecule has 4 nitrogen and oxygen atoms in total. The minimum Gasteiger partial charge on any atom is -0.290 e. The molecular formula is C20H25NO3S. The molecule has 0 spiro atoms. The van der Waals surface area contributed by atoms with Gasteiger partial charge in [0, 0.05) is 19.1 Å². The zero-order valence-corrected chi connectivity index (χ0v) is 15.1. The molecule has 0 saturated heterocycles. The lowest BCUT2D eigenvalue weighted by molar-refractivity contribution is 0.139. The van der Waals surface area contributed by atoms with Gasteiger partial charge in [-0.25, -0.2) is 0 Å². The number of hydrogen-bond acceptors (Lipinski definition) is 3. The lowest BCUT2D eigenvalue weighted by Gasteiger charge is -2.38. The number of nitrogens with zero attached hydrogens (tertiary/aromatic N) is 1. The largest absolute Gasteiger partial charge is 0.290 e. The van der Waals surface area contributed by atoms with E-state index in [-0.39, 0.29) is 6.04 Å². The second kappa shape index (κ2) is 8.13. The Kier molecular flexibility index (Phi) is 5.89. The Balaban J connectivity index is 1.88. The minimum absolute atomic E-state index is 0.163. The van der Waals surface area contributed by atoms with Gasteiger partial charge in [0.05, 0.1) is 0 Å². The molecule has 25 heavy (non-hydrogen) atoms. The molecule has 0 aromatic heterocycles. The van der Waals surface area contributed by atoms with Gasteiger partial charge in [-0.3, -0.25) is 9.45 Å². The summed E-state index contributed by atoms with van der Waals surface area (Å²) in [6.07, 6.45) is 3.18. The van der Waals surface area contributed by atoms with Crippen LogP contribution < -0.4 is 0 Å². The average molecular weight is 359 g/mol. The second-order valence-corrected chi connectivity index (χ2v) is 8.42. The van der Waals surface area contributed by atoms with E-state index in [4.69, 9.17) is 0 Å². The molecule has 0 radical (unpaired) electrons. The van der Waals surface area contributed by atoms with Crippen molar-refractivity contribution >= 4 is 10.1 Å². The fourth-order valence-electron chi connectivity index (χ4n) is 3.77. The second-order valence-electron chi connectivity index (χ2n) is 6.78. The topological polar surface area (TPSA) is 57.6 Å². The molecule has 5 heteroatoms. The third-order valence-electron chi connectivity index (χ3n) is 4.98. The summed E-state index contributed by atoms with van der Waals surface area (Å²) in [6, 6.07) is 20.0. The Bertz CT molecular complexity index is 721. The van der Waals surface area contributed by atoms with Gasteiger partial charge in [-0.1, -0.05) is 73.5 Å². The van der Waals surface area contributed by atoms with Crippen molar-refractivity contribution in [2.75, 3.05) is 0 Å². The number of benzene rings is 2. The summed E-state index contributed by atoms with van der Waals surface area (Å²) in [5.41, 5.74) is 2.30. The van der Waals surface area contributed by atoms with Crippen LogP contribution in [-0.2, 0) is 23.2 Å². The first kappa shape index (κ1) is 18.1. The molecule has 0 unspecified atom stereocenters. The maximum absolute atomic E-state index is 11.9. The van der Waals surface area contributed by atoms with E-state index in [1.54, 1.807) is 0 Å². The highest BCUT2D eigenvalue weighted by Crippen LogP contribution is 2.30. The summed E-state index contributed by atoms with van der Waals surface area (Å²) in [7, 11) is -4.05. The average Bonchev–Trinajstić information content (AvgIpc) is 2.62. The van der Waals surface area contributed by atoms with Gasteiger partial charge in [0.1, 0.15) is 5.25 Å². The fourth-order valence-corrected chi connectivity index (χ4v) is 4.94. The lowest BCUT2D eigenvalue weighted by atomic mass is 9.92. The minimum atomic E-state index is -4.05. The molecule has 0 heterocycles. The summed E-state index contributed by atoms with van der Waals surface area (Å²) >= 11 is 0. The molecule has 0 aliphatic heterocycles. The molecule has 0 amide bonds. The molecule has 1 N–H and O–H groups in total. The Hall–Kier alpha value is -1.69. The van der Waals surface area contributed by atoms with Gasteiger partial charge in [0.2, 0.25) is 0 Å². The molecule has 0 bridgehead atoms. The zero-order chi connectivity index (χ0) is 17.7. The van der Waals surface area contributed by atoms with E-state index in [1.165, 1.54) is 0 Å². The van der Waals surface area contributed by atoms with E-state index in [9.17, 15) is 13.0 Å². The van der Waals surface area contributed by atoms with Crippen LogP contribution in [0, 0.1) is 0 Å². The first-order valence-electron chi connectivity index (χ1n) is 8.82. The normalized spacial score (nSPS) is 21.4. The highest BCUT2D eigenvalue weighted by molar-refractivity contribution is 7.86. The first-order valence-corrected chi connectivity index (χ1v) is 10.3. The van der Waals surface area contributed by atoms with E-state index in [0.29, 0.717) is 19.5 Å². The summed E-state index contributed by atoms with van der Waals surface area (Å²) in [6.45, 7) is 1.35. The van der Waals surface area contributed by atoms with Crippen molar-refractivity contribution < 1.29 is 13.0 Å². The highest BCUT2D eigenvalue weighted by Gasteiger charge is 2.37. The van der Waals surface area contributed by atoms with Crippen LogP contribution in [0.3, 0.4) is 0 Å². The van der Waals surface area contributed by atoms with E-state index in [1.807, 2.05) is 36.4 Å². The fraction of sp³-hybridized carbons (Fsp3) is 0.400. The molecule has 1 aliphatic carbocycles. The van der Waals surface area contributed by atoms with Crippen molar-refractivity contribution in [3.05, 3.63) is 71.8 Å². The summed E-state index contributed by atoms with van der Waals surface area (Å²) in [5, 5.41) is -0.700. The maximum Gasteiger partial charge on any atom is 0.269 e. The van der Waals surface area contributed by atoms with Crippen LogP contribution in [0.15, 0.2) is 60.7 Å². The molecule has 1 saturated carbocycles. The summed E-state index contributed by atoms with van der Waals surface area (Å²) in [4.78, 5) is 2.21. The molecule has 1 aliphatic rings. The molecule has 134 valence electrons. The van der Waals surface area contributed by atoms with Crippen molar-refractivity contribution in [2.24, 2.45) is 0 Å². The van der Waals surface area contributed by atoms with Crippen LogP contribution >= 0.6 is 0 Å². The van der Waals surface area contributed by atoms with Crippen LogP contribution in [0.2, 0.25) is 0 Å². The standard InChI is InChI=1S/C20H25NO3S/c22-25(23,24)20-14-8-7-13-19(20)21(15-17-9-3-1-4-10-17)16-18-11-5-2-6-12-18/h1-6,9-12,19-20H,7-8,13-16H2,(H,22,23,24)/t19-,20-/m0/s1. The number of rotatable bonds is 6. The predicted molar refractivity (Wildman–Crippen MR) is 99.7 cm³/mol. The third-order valence-corrected chi connectivity index (χ3v) is 6.29. The quantitative estimate of drug-likeness (QED) is 0.795. The molecule has 2 aromatic carbocycles. The smallest absolute Gasteiger partial charge is 0.269 e. The maximum atomic E-state index is 11.9. The Labute approximate surface area is 150 Å². The van der Waals surface area contributed by atoms with Crippen LogP contribution in [0.25, 0.3) is 0 Å². The van der Waals surface area contributed by atoms with Crippen molar-refractivity contribution in [1.82, 2.24) is 4.90 Å². The molecule has 3 rings (SSSR count). The Morgan fingerprint density at radius 2 is 1.32 bits per heavy atom. The van der Waals surface area contributed by atoms with Crippen molar-refractivity contribution in [2.45, 2.75) is 50.1 Å². The van der Waals surface area contributed by atoms with Gasteiger partial charge in [-0.2, -0.15) is 8.42 Å². The highest BCUT2D eigenvalue weighted by atomic mass is 32.2. The summed E-state index contributed by atoms with van der Waals surface area (Å²) in [5.74, 6) is 0. The van der Waals surface area contributed by atoms with Crippen LogP contribution in [0.4, 0.5) is 0 Å². The van der Waals surface area contributed by atoms with Crippen LogP contribution in [-0.4, -0.2) is 29.2 Å². The van der Waals surface area contributed by atoms with E-state index in [2.05, 4.69) is 29.2 Å².